The van der Waals surface area contributed by atoms with E-state index in [0.29, 0.717) is 0 Å². The van der Waals surface area contributed by atoms with Gasteiger partial charge in [-0.25, -0.2) is 0 Å². The highest BCUT2D eigenvalue weighted by molar-refractivity contribution is 5.81. The van der Waals surface area contributed by atoms with Gasteiger partial charge in [0.2, 0.25) is 0 Å². The Hall–Kier alpha value is -0.710. The van der Waals surface area contributed by atoms with Crippen molar-refractivity contribution >= 4 is 5.78 Å². The Morgan fingerprint density at radius 3 is 2.67 bits per heavy atom. The summed E-state index contributed by atoms with van der Waals surface area (Å²) in [5.41, 5.74) is -0.708. The van der Waals surface area contributed by atoms with E-state index >= 15 is 0 Å². The average Bonchev–Trinajstić information content (AvgIpc) is 2.77. The van der Waals surface area contributed by atoms with Crippen molar-refractivity contribution in [3.63, 3.8) is 0 Å². The van der Waals surface area contributed by atoms with Gasteiger partial charge in [0.15, 0.2) is 6.29 Å². The van der Waals surface area contributed by atoms with E-state index in [1.54, 1.807) is 21.1 Å². The fourth-order valence-corrected chi connectivity index (χ4v) is 2.59. The van der Waals surface area contributed by atoms with Crippen LogP contribution >= 0.6 is 0 Å². The number of carbonyl (C=O) groups excluding carboxylic acids is 1. The molecule has 0 aliphatic carbocycles. The van der Waals surface area contributed by atoms with Gasteiger partial charge in [0.1, 0.15) is 11.4 Å². The molecule has 0 aromatic carbocycles. The van der Waals surface area contributed by atoms with Crippen molar-refractivity contribution in [1.82, 2.24) is 0 Å². The van der Waals surface area contributed by atoms with Gasteiger partial charge in [0, 0.05) is 14.2 Å². The monoisotopic (exact) mass is 212 g/mol. The van der Waals surface area contributed by atoms with Gasteiger partial charge in [0.25, 0.3) is 0 Å². The Kier molecular flexibility index (Phi) is 2.66. The van der Waals surface area contributed by atoms with E-state index in [-0.39, 0.29) is 17.8 Å². The minimum Gasteiger partial charge on any atom is -0.357 e. The molecule has 4 heteroatoms. The third kappa shape index (κ3) is 1.44. The van der Waals surface area contributed by atoms with Gasteiger partial charge < -0.3 is 14.2 Å². The molecule has 2 aliphatic rings. The SMILES string of the molecule is COC(OC)C12C=CC(CC1C(C)=O)O2. The molecule has 2 rings (SSSR count). The lowest BCUT2D eigenvalue weighted by atomic mass is 9.80. The highest BCUT2D eigenvalue weighted by atomic mass is 16.7. The van der Waals surface area contributed by atoms with Crippen LogP contribution in [0.2, 0.25) is 0 Å². The zero-order valence-electron chi connectivity index (χ0n) is 9.23. The summed E-state index contributed by atoms with van der Waals surface area (Å²) in [6.45, 7) is 1.59. The summed E-state index contributed by atoms with van der Waals surface area (Å²) in [4.78, 5) is 11.6. The molecule has 3 atom stereocenters. The number of ether oxygens (including phenoxy) is 3. The van der Waals surface area contributed by atoms with E-state index in [2.05, 4.69) is 0 Å². The molecule has 0 aromatic rings. The van der Waals surface area contributed by atoms with Gasteiger partial charge >= 0.3 is 0 Å². The Morgan fingerprint density at radius 2 is 2.20 bits per heavy atom. The molecular formula is C11H16O4. The minimum absolute atomic E-state index is 0.0340. The molecule has 0 saturated carbocycles. The van der Waals surface area contributed by atoms with Crippen LogP contribution in [-0.2, 0) is 19.0 Å². The maximum Gasteiger partial charge on any atom is 0.190 e. The zero-order chi connectivity index (χ0) is 11.1. The van der Waals surface area contributed by atoms with Crippen LogP contribution in [0.4, 0.5) is 0 Å². The number of methoxy groups -OCH3 is 2. The number of hydrogen-bond acceptors (Lipinski definition) is 4. The van der Waals surface area contributed by atoms with Gasteiger partial charge in [-0.05, 0) is 19.4 Å². The van der Waals surface area contributed by atoms with Crippen molar-refractivity contribution in [2.45, 2.75) is 31.3 Å². The first kappa shape index (κ1) is 10.8. The molecule has 1 saturated heterocycles. The van der Waals surface area contributed by atoms with Crippen molar-refractivity contribution < 1.29 is 19.0 Å². The summed E-state index contributed by atoms with van der Waals surface area (Å²) in [7, 11) is 3.12. The fraction of sp³-hybridized carbons (Fsp3) is 0.727. The normalized spacial score (nSPS) is 37.9. The van der Waals surface area contributed by atoms with Crippen LogP contribution in [0.3, 0.4) is 0 Å². The lowest BCUT2D eigenvalue weighted by Gasteiger charge is -2.34. The fourth-order valence-electron chi connectivity index (χ4n) is 2.59. The molecule has 1 fully saturated rings. The molecule has 2 heterocycles. The molecule has 4 nitrogen and oxygen atoms in total. The maximum absolute atomic E-state index is 11.6. The number of hydrogen-bond donors (Lipinski definition) is 0. The number of rotatable bonds is 4. The first-order chi connectivity index (χ1) is 7.14. The highest BCUT2D eigenvalue weighted by Crippen LogP contribution is 2.46. The van der Waals surface area contributed by atoms with Gasteiger partial charge in [0.05, 0.1) is 12.0 Å². The van der Waals surface area contributed by atoms with Crippen molar-refractivity contribution in [2.75, 3.05) is 14.2 Å². The number of Topliss-reactive ketones (excluding diaryl/α,β-unsaturated/α-hetero) is 1. The van der Waals surface area contributed by atoms with Gasteiger partial charge in [-0.1, -0.05) is 6.08 Å². The standard InChI is InChI=1S/C11H16O4/c1-7(12)9-6-8-4-5-11(9,15-8)10(13-2)14-3/h4-5,8-10H,6H2,1-3H3. The molecule has 0 spiro atoms. The van der Waals surface area contributed by atoms with Crippen molar-refractivity contribution in [2.24, 2.45) is 5.92 Å². The lowest BCUT2D eigenvalue weighted by Crippen LogP contribution is -2.49. The second-order valence-corrected chi connectivity index (χ2v) is 4.07. The Bertz CT molecular complexity index is 295. The van der Waals surface area contributed by atoms with E-state index in [1.807, 2.05) is 12.2 Å². The maximum atomic E-state index is 11.6. The van der Waals surface area contributed by atoms with Gasteiger partial charge in [-0.15, -0.1) is 0 Å². The van der Waals surface area contributed by atoms with E-state index in [0.717, 1.165) is 6.42 Å². The number of ketones is 1. The largest absolute Gasteiger partial charge is 0.357 e. The van der Waals surface area contributed by atoms with E-state index in [1.165, 1.54) is 0 Å². The molecule has 0 N–H and O–H groups in total. The first-order valence-corrected chi connectivity index (χ1v) is 5.07. The Morgan fingerprint density at radius 1 is 1.53 bits per heavy atom. The molecule has 0 radical (unpaired) electrons. The van der Waals surface area contributed by atoms with Gasteiger partial charge in [-0.3, -0.25) is 4.79 Å². The predicted molar refractivity (Wildman–Crippen MR) is 53.3 cm³/mol. The third-order valence-corrected chi connectivity index (χ3v) is 3.23. The van der Waals surface area contributed by atoms with Crippen LogP contribution in [-0.4, -0.2) is 38.0 Å². The van der Waals surface area contributed by atoms with Gasteiger partial charge in [-0.2, -0.15) is 0 Å². The minimum atomic E-state index is -0.708. The summed E-state index contributed by atoms with van der Waals surface area (Å²) >= 11 is 0. The van der Waals surface area contributed by atoms with Crippen molar-refractivity contribution in [3.05, 3.63) is 12.2 Å². The smallest absolute Gasteiger partial charge is 0.190 e. The van der Waals surface area contributed by atoms with Crippen LogP contribution in [0.1, 0.15) is 13.3 Å². The second kappa shape index (κ2) is 3.70. The van der Waals surface area contributed by atoms with Crippen LogP contribution in [0.25, 0.3) is 0 Å². The summed E-state index contributed by atoms with van der Waals surface area (Å²) in [6.07, 6.45) is 4.13. The molecular weight excluding hydrogens is 196 g/mol. The van der Waals surface area contributed by atoms with Crippen molar-refractivity contribution in [1.29, 1.82) is 0 Å². The van der Waals surface area contributed by atoms with Crippen LogP contribution in [0.5, 0.6) is 0 Å². The summed E-state index contributed by atoms with van der Waals surface area (Å²) in [5, 5.41) is 0. The summed E-state index contributed by atoms with van der Waals surface area (Å²) in [5.74, 6) is -0.0293. The molecule has 84 valence electrons. The van der Waals surface area contributed by atoms with E-state index in [4.69, 9.17) is 14.2 Å². The Balaban J connectivity index is 2.30. The lowest BCUT2D eigenvalue weighted by molar-refractivity contribution is -0.210. The first-order valence-electron chi connectivity index (χ1n) is 5.07. The van der Waals surface area contributed by atoms with E-state index < -0.39 is 11.9 Å². The number of fused-ring (bicyclic) bond motifs is 2. The van der Waals surface area contributed by atoms with E-state index in [9.17, 15) is 4.79 Å². The quantitative estimate of drug-likeness (QED) is 0.513. The highest BCUT2D eigenvalue weighted by Gasteiger charge is 2.57. The topological polar surface area (TPSA) is 44.8 Å². The second-order valence-electron chi connectivity index (χ2n) is 4.07. The van der Waals surface area contributed by atoms with Crippen molar-refractivity contribution in [3.8, 4) is 0 Å². The van der Waals surface area contributed by atoms with Crippen LogP contribution in [0.15, 0.2) is 12.2 Å². The van der Waals surface area contributed by atoms with Crippen LogP contribution in [0, 0.1) is 5.92 Å². The molecule has 0 amide bonds. The molecule has 2 bridgehead atoms. The molecule has 15 heavy (non-hydrogen) atoms. The summed E-state index contributed by atoms with van der Waals surface area (Å²) < 4.78 is 16.3. The zero-order valence-corrected chi connectivity index (χ0v) is 9.23. The molecule has 3 unspecified atom stereocenters. The molecule has 2 aliphatic heterocycles. The predicted octanol–water partition coefficient (Wildman–Crippen LogP) is 0.908. The average molecular weight is 212 g/mol. The number of carbonyl (C=O) groups is 1. The summed E-state index contributed by atoms with van der Waals surface area (Å²) in [6, 6.07) is 0. The van der Waals surface area contributed by atoms with Crippen LogP contribution < -0.4 is 0 Å². The molecule has 0 aromatic heterocycles. The third-order valence-electron chi connectivity index (χ3n) is 3.23. The Labute approximate surface area is 89.2 Å².